The molecular weight excluding hydrogens is 289 g/mol. The molecule has 120 valence electrons. The smallest absolute Gasteiger partial charge is 0.221 e. The molecule has 0 saturated carbocycles. The molecule has 0 saturated heterocycles. The fraction of sp³-hybridized carbons (Fsp3) is 0.350. The Morgan fingerprint density at radius 1 is 1.30 bits per heavy atom. The third kappa shape index (κ3) is 3.44. The summed E-state index contributed by atoms with van der Waals surface area (Å²) in [4.78, 5) is 12.4. The molecule has 1 N–H and O–H groups in total. The van der Waals surface area contributed by atoms with Crippen LogP contribution in [0.25, 0.3) is 0 Å². The molecule has 1 aliphatic rings. The quantitative estimate of drug-likeness (QED) is 0.889. The van der Waals surface area contributed by atoms with Gasteiger partial charge in [-0.15, -0.1) is 0 Å². The lowest BCUT2D eigenvalue weighted by molar-refractivity contribution is -0.122. The molecule has 2 atom stereocenters. The topological polar surface area (TPSA) is 29.1 Å². The van der Waals surface area contributed by atoms with Gasteiger partial charge in [-0.2, -0.15) is 0 Å². The van der Waals surface area contributed by atoms with E-state index in [9.17, 15) is 9.18 Å². The summed E-state index contributed by atoms with van der Waals surface area (Å²) in [6.07, 6.45) is 2.20. The van der Waals surface area contributed by atoms with E-state index in [0.29, 0.717) is 6.42 Å². The lowest BCUT2D eigenvalue weighted by Gasteiger charge is -2.18. The second kappa shape index (κ2) is 6.53. The zero-order chi connectivity index (χ0) is 16.4. The minimum absolute atomic E-state index is 0.0304. The summed E-state index contributed by atoms with van der Waals surface area (Å²) in [5.74, 6) is -0.0365. The van der Waals surface area contributed by atoms with Crippen molar-refractivity contribution in [1.82, 2.24) is 5.32 Å². The standard InChI is InChI=1S/C20H22FNO/c1-13-5-3-4-6-17(13)14(2)11-20(23)22-19-10-8-15-7-9-16(21)12-18(15)19/h3-7,9,12,14,19H,8,10-11H2,1-2H3,(H,22,23). The van der Waals surface area contributed by atoms with Crippen molar-refractivity contribution in [3.63, 3.8) is 0 Å². The lowest BCUT2D eigenvalue weighted by atomic mass is 9.93. The van der Waals surface area contributed by atoms with Crippen LogP contribution in [0.2, 0.25) is 0 Å². The van der Waals surface area contributed by atoms with Crippen molar-refractivity contribution in [3.05, 3.63) is 70.5 Å². The number of rotatable bonds is 4. The molecule has 0 heterocycles. The number of fused-ring (bicyclic) bond motifs is 1. The van der Waals surface area contributed by atoms with Gasteiger partial charge in [-0.05, 0) is 60.1 Å². The number of hydrogen-bond acceptors (Lipinski definition) is 1. The minimum Gasteiger partial charge on any atom is -0.349 e. The van der Waals surface area contributed by atoms with Crippen molar-refractivity contribution >= 4 is 5.91 Å². The van der Waals surface area contributed by atoms with Crippen LogP contribution >= 0.6 is 0 Å². The van der Waals surface area contributed by atoms with Gasteiger partial charge < -0.3 is 5.32 Å². The zero-order valence-electron chi connectivity index (χ0n) is 13.6. The number of benzene rings is 2. The number of nitrogens with one attached hydrogen (secondary N) is 1. The Kier molecular flexibility index (Phi) is 4.46. The van der Waals surface area contributed by atoms with Crippen LogP contribution in [0.3, 0.4) is 0 Å². The fourth-order valence-electron chi connectivity index (χ4n) is 3.50. The predicted octanol–water partition coefficient (Wildman–Crippen LogP) is 4.43. The van der Waals surface area contributed by atoms with E-state index >= 15 is 0 Å². The average Bonchev–Trinajstić information content (AvgIpc) is 2.89. The third-order valence-corrected chi connectivity index (χ3v) is 4.73. The van der Waals surface area contributed by atoms with Gasteiger partial charge in [0.25, 0.3) is 0 Å². The molecule has 3 heteroatoms. The van der Waals surface area contributed by atoms with E-state index in [0.717, 1.165) is 24.0 Å². The molecule has 1 amide bonds. The largest absolute Gasteiger partial charge is 0.349 e. The molecule has 2 aromatic carbocycles. The molecule has 0 fully saturated rings. The van der Waals surface area contributed by atoms with E-state index < -0.39 is 0 Å². The lowest BCUT2D eigenvalue weighted by Crippen LogP contribution is -2.28. The SMILES string of the molecule is Cc1ccccc1C(C)CC(=O)NC1CCc2ccc(F)cc21. The predicted molar refractivity (Wildman–Crippen MR) is 89.8 cm³/mol. The van der Waals surface area contributed by atoms with Crippen molar-refractivity contribution in [1.29, 1.82) is 0 Å². The first-order valence-electron chi connectivity index (χ1n) is 8.18. The summed E-state index contributed by atoms with van der Waals surface area (Å²) in [5.41, 5.74) is 4.49. The maximum absolute atomic E-state index is 13.4. The number of carbonyl (C=O) groups is 1. The molecule has 1 aliphatic carbocycles. The minimum atomic E-state index is -0.238. The molecule has 3 rings (SSSR count). The number of halogens is 1. The first-order valence-corrected chi connectivity index (χ1v) is 8.18. The monoisotopic (exact) mass is 311 g/mol. The van der Waals surface area contributed by atoms with E-state index in [2.05, 4.69) is 31.3 Å². The molecule has 0 spiro atoms. The van der Waals surface area contributed by atoms with Gasteiger partial charge in [0.15, 0.2) is 0 Å². The maximum atomic E-state index is 13.4. The van der Waals surface area contributed by atoms with Gasteiger partial charge in [-0.25, -0.2) is 4.39 Å². The first kappa shape index (κ1) is 15.7. The number of carbonyl (C=O) groups excluding carboxylic acids is 1. The van der Waals surface area contributed by atoms with Crippen LogP contribution in [-0.4, -0.2) is 5.91 Å². The Balaban J connectivity index is 1.65. The van der Waals surface area contributed by atoms with E-state index in [1.165, 1.54) is 17.2 Å². The molecule has 0 aliphatic heterocycles. The number of aryl methyl sites for hydroxylation is 2. The first-order chi connectivity index (χ1) is 11.0. The average molecular weight is 311 g/mol. The molecule has 2 unspecified atom stereocenters. The van der Waals surface area contributed by atoms with Gasteiger partial charge >= 0.3 is 0 Å². The number of hydrogen-bond donors (Lipinski definition) is 1. The Bertz CT molecular complexity index is 725. The maximum Gasteiger partial charge on any atom is 0.221 e. The van der Waals surface area contributed by atoms with Crippen molar-refractivity contribution in [3.8, 4) is 0 Å². The summed E-state index contributed by atoms with van der Waals surface area (Å²) < 4.78 is 13.4. The van der Waals surface area contributed by atoms with E-state index in [1.54, 1.807) is 6.07 Å². The van der Waals surface area contributed by atoms with Crippen LogP contribution in [-0.2, 0) is 11.2 Å². The van der Waals surface area contributed by atoms with Gasteiger partial charge in [-0.3, -0.25) is 4.79 Å². The molecule has 23 heavy (non-hydrogen) atoms. The Labute approximate surface area is 136 Å². The second-order valence-electron chi connectivity index (χ2n) is 6.46. The summed E-state index contributed by atoms with van der Waals surface area (Å²) >= 11 is 0. The number of amides is 1. The van der Waals surface area contributed by atoms with E-state index in [1.807, 2.05) is 18.2 Å². The highest BCUT2D eigenvalue weighted by Gasteiger charge is 2.25. The molecular formula is C20H22FNO. The highest BCUT2D eigenvalue weighted by Crippen LogP contribution is 2.32. The van der Waals surface area contributed by atoms with Crippen LogP contribution in [0.4, 0.5) is 4.39 Å². The summed E-state index contributed by atoms with van der Waals surface area (Å²) in [6.45, 7) is 4.14. The Hall–Kier alpha value is -2.16. The second-order valence-corrected chi connectivity index (χ2v) is 6.46. The van der Waals surface area contributed by atoms with Gasteiger partial charge in [0, 0.05) is 6.42 Å². The van der Waals surface area contributed by atoms with Gasteiger partial charge in [-0.1, -0.05) is 37.3 Å². The van der Waals surface area contributed by atoms with Crippen LogP contribution in [0.15, 0.2) is 42.5 Å². The molecule has 0 bridgehead atoms. The molecule has 0 aromatic heterocycles. The van der Waals surface area contributed by atoms with Gasteiger partial charge in [0.05, 0.1) is 6.04 Å². The summed E-state index contributed by atoms with van der Waals surface area (Å²) in [6, 6.07) is 13.0. The summed E-state index contributed by atoms with van der Waals surface area (Å²) in [7, 11) is 0. The van der Waals surface area contributed by atoms with Crippen molar-refractivity contribution in [2.45, 2.75) is 45.1 Å². The van der Waals surface area contributed by atoms with Crippen LogP contribution in [0.5, 0.6) is 0 Å². The fourth-order valence-corrected chi connectivity index (χ4v) is 3.50. The highest BCUT2D eigenvalue weighted by molar-refractivity contribution is 5.77. The Morgan fingerprint density at radius 2 is 2.09 bits per heavy atom. The van der Waals surface area contributed by atoms with E-state index in [4.69, 9.17) is 0 Å². The van der Waals surface area contributed by atoms with Gasteiger partial charge in [0.2, 0.25) is 5.91 Å². The van der Waals surface area contributed by atoms with Crippen molar-refractivity contribution in [2.24, 2.45) is 0 Å². The Morgan fingerprint density at radius 3 is 2.87 bits per heavy atom. The van der Waals surface area contributed by atoms with Crippen LogP contribution in [0.1, 0.15) is 54.0 Å². The van der Waals surface area contributed by atoms with Crippen LogP contribution in [0, 0.1) is 12.7 Å². The van der Waals surface area contributed by atoms with Crippen LogP contribution < -0.4 is 5.32 Å². The zero-order valence-corrected chi connectivity index (χ0v) is 13.6. The van der Waals surface area contributed by atoms with Crippen molar-refractivity contribution in [2.75, 3.05) is 0 Å². The van der Waals surface area contributed by atoms with Gasteiger partial charge in [0.1, 0.15) is 5.82 Å². The summed E-state index contributed by atoms with van der Waals surface area (Å²) in [5, 5.41) is 3.08. The normalized spacial score (nSPS) is 17.6. The van der Waals surface area contributed by atoms with E-state index in [-0.39, 0.29) is 23.7 Å². The molecule has 2 nitrogen and oxygen atoms in total. The highest BCUT2D eigenvalue weighted by atomic mass is 19.1. The third-order valence-electron chi connectivity index (χ3n) is 4.73. The molecule has 2 aromatic rings. The molecule has 0 radical (unpaired) electrons. The van der Waals surface area contributed by atoms with Crippen molar-refractivity contribution < 1.29 is 9.18 Å².